The number of carbonyl (C=O) groups excluding carboxylic acids is 1. The number of fused-ring (bicyclic) bond motifs is 2. The monoisotopic (exact) mass is 518 g/mol. The Kier molecular flexibility index (Phi) is 5.74. The van der Waals surface area contributed by atoms with Crippen LogP contribution >= 0.6 is 27.3 Å². The maximum atomic E-state index is 13.4. The summed E-state index contributed by atoms with van der Waals surface area (Å²) in [5, 5.41) is 5.78. The highest BCUT2D eigenvalue weighted by atomic mass is 79.9. The van der Waals surface area contributed by atoms with Gasteiger partial charge in [0.05, 0.1) is 40.2 Å². The number of halogens is 1. The molecule has 1 amide bonds. The topological polar surface area (TPSA) is 60.5 Å². The van der Waals surface area contributed by atoms with E-state index in [9.17, 15) is 4.79 Å². The summed E-state index contributed by atoms with van der Waals surface area (Å²) in [6.07, 6.45) is 0. The molecule has 0 atom stereocenters. The largest absolute Gasteiger partial charge is 0.495 e. The molecule has 0 fully saturated rings. The molecule has 0 saturated heterocycles. The Balaban J connectivity index is 1.55. The zero-order valence-corrected chi connectivity index (χ0v) is 20.3. The minimum absolute atomic E-state index is 0.293. The van der Waals surface area contributed by atoms with Crippen LogP contribution in [0.15, 0.2) is 77.3 Å². The first-order chi connectivity index (χ1) is 16.1. The summed E-state index contributed by atoms with van der Waals surface area (Å²) in [7, 11) is 3.13. The Labute approximate surface area is 203 Å². The molecular formula is C26H19BrN2O3S. The number of hydrogen-bond acceptors (Lipinski definition) is 5. The highest BCUT2D eigenvalue weighted by molar-refractivity contribution is 9.10. The number of amides is 1. The van der Waals surface area contributed by atoms with Crippen molar-refractivity contribution in [1.29, 1.82) is 0 Å². The molecule has 0 radical (unpaired) electrons. The molecule has 0 bridgehead atoms. The van der Waals surface area contributed by atoms with Crippen LogP contribution in [0.5, 0.6) is 11.5 Å². The number of para-hydroxylation sites is 1. The number of methoxy groups -OCH3 is 2. The number of ether oxygens (including phenoxy) is 2. The van der Waals surface area contributed by atoms with Crippen molar-refractivity contribution in [3.63, 3.8) is 0 Å². The lowest BCUT2D eigenvalue weighted by Gasteiger charge is -2.15. The quantitative estimate of drug-likeness (QED) is 0.268. The maximum absolute atomic E-state index is 13.4. The second-order valence-electron chi connectivity index (χ2n) is 7.35. The van der Waals surface area contributed by atoms with Crippen LogP contribution in [0.25, 0.3) is 31.6 Å². The first-order valence-electron chi connectivity index (χ1n) is 10.2. The molecule has 5 rings (SSSR count). The van der Waals surface area contributed by atoms with Crippen molar-refractivity contribution in [3.8, 4) is 22.1 Å². The minimum Gasteiger partial charge on any atom is -0.495 e. The number of hydrogen-bond donors (Lipinski definition) is 1. The Bertz CT molecular complexity index is 1480. The minimum atomic E-state index is -0.293. The normalized spacial score (nSPS) is 11.0. The zero-order valence-electron chi connectivity index (χ0n) is 17.9. The molecule has 0 aliphatic carbocycles. The Morgan fingerprint density at radius 1 is 0.970 bits per heavy atom. The van der Waals surface area contributed by atoms with Crippen molar-refractivity contribution in [2.45, 2.75) is 0 Å². The third-order valence-electron chi connectivity index (χ3n) is 5.38. The molecule has 5 nitrogen and oxygen atoms in total. The molecule has 0 spiro atoms. The van der Waals surface area contributed by atoms with E-state index >= 15 is 0 Å². The Hall–Kier alpha value is -3.42. The Morgan fingerprint density at radius 2 is 1.76 bits per heavy atom. The Morgan fingerprint density at radius 3 is 2.55 bits per heavy atom. The van der Waals surface area contributed by atoms with Gasteiger partial charge in [-0.25, -0.2) is 4.98 Å². The predicted octanol–water partition coefficient (Wildman–Crippen LogP) is 7.15. The lowest BCUT2D eigenvalue weighted by Crippen LogP contribution is -2.14. The van der Waals surface area contributed by atoms with E-state index in [4.69, 9.17) is 14.5 Å². The average molecular weight is 519 g/mol. The molecule has 164 valence electrons. The molecule has 33 heavy (non-hydrogen) atoms. The van der Waals surface area contributed by atoms with E-state index in [0.717, 1.165) is 36.0 Å². The predicted molar refractivity (Wildman–Crippen MR) is 138 cm³/mol. The number of aromatic nitrogens is 1. The van der Waals surface area contributed by atoms with E-state index in [2.05, 4.69) is 21.2 Å². The zero-order chi connectivity index (χ0) is 22.9. The third kappa shape index (κ3) is 3.94. The van der Waals surface area contributed by atoms with Crippen LogP contribution in [0.3, 0.4) is 0 Å². The summed E-state index contributed by atoms with van der Waals surface area (Å²) < 4.78 is 12.9. The van der Waals surface area contributed by atoms with Gasteiger partial charge in [0.25, 0.3) is 5.91 Å². The number of rotatable bonds is 5. The maximum Gasteiger partial charge on any atom is 0.259 e. The smallest absolute Gasteiger partial charge is 0.259 e. The van der Waals surface area contributed by atoms with Gasteiger partial charge in [0.15, 0.2) is 0 Å². The van der Waals surface area contributed by atoms with Crippen molar-refractivity contribution in [1.82, 2.24) is 4.98 Å². The van der Waals surface area contributed by atoms with E-state index in [1.807, 2.05) is 72.8 Å². The van der Waals surface area contributed by atoms with E-state index in [1.54, 1.807) is 25.6 Å². The van der Waals surface area contributed by atoms with Gasteiger partial charge < -0.3 is 14.8 Å². The van der Waals surface area contributed by atoms with Crippen molar-refractivity contribution in [3.05, 3.63) is 82.8 Å². The van der Waals surface area contributed by atoms with Crippen molar-refractivity contribution >= 4 is 59.9 Å². The number of nitrogens with one attached hydrogen (secondary N) is 1. The van der Waals surface area contributed by atoms with Crippen LogP contribution in [-0.4, -0.2) is 25.1 Å². The van der Waals surface area contributed by atoms with Gasteiger partial charge in [0, 0.05) is 5.56 Å². The molecule has 0 aliphatic rings. The van der Waals surface area contributed by atoms with Gasteiger partial charge in [-0.05, 0) is 63.1 Å². The van der Waals surface area contributed by atoms with Gasteiger partial charge in [-0.15, -0.1) is 11.3 Å². The summed E-state index contributed by atoms with van der Waals surface area (Å²) in [5.74, 6) is 0.748. The fourth-order valence-electron chi connectivity index (χ4n) is 3.78. The summed E-state index contributed by atoms with van der Waals surface area (Å²) >= 11 is 5.20. The van der Waals surface area contributed by atoms with E-state index in [-0.39, 0.29) is 5.91 Å². The number of thiazole rings is 1. The second-order valence-corrected chi connectivity index (χ2v) is 9.17. The van der Waals surface area contributed by atoms with Gasteiger partial charge >= 0.3 is 0 Å². The van der Waals surface area contributed by atoms with Crippen molar-refractivity contribution in [2.75, 3.05) is 19.5 Å². The first kappa shape index (κ1) is 21.4. The molecule has 5 aromatic rings. The number of anilines is 1. The van der Waals surface area contributed by atoms with Crippen LogP contribution in [0.4, 0.5) is 5.69 Å². The fraction of sp³-hybridized carbons (Fsp3) is 0.0769. The molecule has 0 saturated carbocycles. The first-order valence-corrected chi connectivity index (χ1v) is 11.8. The van der Waals surface area contributed by atoms with E-state index in [1.165, 1.54) is 0 Å². The van der Waals surface area contributed by atoms with Crippen LogP contribution < -0.4 is 14.8 Å². The van der Waals surface area contributed by atoms with Crippen LogP contribution in [0, 0.1) is 0 Å². The highest BCUT2D eigenvalue weighted by Gasteiger charge is 2.20. The molecule has 1 N–H and O–H groups in total. The van der Waals surface area contributed by atoms with Crippen LogP contribution in [0.1, 0.15) is 10.4 Å². The van der Waals surface area contributed by atoms with Gasteiger partial charge in [-0.2, -0.15) is 0 Å². The summed E-state index contributed by atoms with van der Waals surface area (Å²) in [6, 6.07) is 23.3. The lowest BCUT2D eigenvalue weighted by atomic mass is 10.0. The van der Waals surface area contributed by atoms with Gasteiger partial charge in [-0.3, -0.25) is 4.79 Å². The number of benzene rings is 4. The summed E-state index contributed by atoms with van der Waals surface area (Å²) in [5.41, 5.74) is 2.84. The van der Waals surface area contributed by atoms with Crippen LogP contribution in [0.2, 0.25) is 0 Å². The number of carbonyl (C=O) groups is 1. The molecule has 4 aromatic carbocycles. The van der Waals surface area contributed by atoms with Gasteiger partial charge in [0.2, 0.25) is 0 Å². The van der Waals surface area contributed by atoms with Gasteiger partial charge in [-0.1, -0.05) is 36.4 Å². The van der Waals surface area contributed by atoms with E-state index in [0.29, 0.717) is 22.7 Å². The fourth-order valence-corrected chi connectivity index (χ4v) is 5.48. The molecule has 7 heteroatoms. The van der Waals surface area contributed by atoms with Crippen LogP contribution in [-0.2, 0) is 0 Å². The third-order valence-corrected chi connectivity index (χ3v) is 7.25. The van der Waals surface area contributed by atoms with Crippen molar-refractivity contribution in [2.24, 2.45) is 0 Å². The van der Waals surface area contributed by atoms with Gasteiger partial charge in [0.1, 0.15) is 16.5 Å². The average Bonchev–Trinajstić information content (AvgIpc) is 3.28. The number of nitrogens with zero attached hydrogens (tertiary/aromatic N) is 1. The molecule has 1 aromatic heterocycles. The lowest BCUT2D eigenvalue weighted by molar-refractivity contribution is 0.102. The molecular weight excluding hydrogens is 500 g/mol. The molecule has 0 unspecified atom stereocenters. The SMILES string of the molecule is COc1ccc(-c2nc3ccccc3s2)cc1NC(=O)c1cc2ccccc2c(Br)c1OC. The highest BCUT2D eigenvalue weighted by Crippen LogP contribution is 2.38. The summed E-state index contributed by atoms with van der Waals surface area (Å²) in [6.45, 7) is 0. The van der Waals surface area contributed by atoms with Crippen molar-refractivity contribution < 1.29 is 14.3 Å². The second kappa shape index (κ2) is 8.84. The summed E-state index contributed by atoms with van der Waals surface area (Å²) in [4.78, 5) is 18.1. The molecule has 1 heterocycles. The van der Waals surface area contributed by atoms with E-state index < -0.39 is 0 Å². The standard InChI is InChI=1S/C26H19BrN2O3S/c1-31-21-12-11-16(26-29-19-9-5-6-10-22(19)33-26)14-20(21)28-25(30)18-13-15-7-3-4-8-17(15)23(27)24(18)32-2/h3-14H,1-2H3,(H,28,30). The molecule has 0 aliphatic heterocycles.